The number of aromatic nitrogens is 3. The third-order valence-electron chi connectivity index (χ3n) is 3.68. The highest BCUT2D eigenvalue weighted by molar-refractivity contribution is 7.10. The Bertz CT molecular complexity index is 924. The second-order valence-electron chi connectivity index (χ2n) is 5.20. The number of thiazole rings is 1. The van der Waals surface area contributed by atoms with Crippen LogP contribution in [0.1, 0.15) is 10.7 Å². The Balaban J connectivity index is 1.63. The zero-order chi connectivity index (χ0) is 15.6. The van der Waals surface area contributed by atoms with E-state index in [-0.39, 0.29) is 0 Å². The van der Waals surface area contributed by atoms with Crippen molar-refractivity contribution in [3.63, 3.8) is 0 Å². The van der Waals surface area contributed by atoms with Crippen molar-refractivity contribution < 1.29 is 4.74 Å². The highest BCUT2D eigenvalue weighted by atomic mass is 32.1. The Labute approximate surface area is 138 Å². The molecule has 5 heteroatoms. The minimum Gasteiger partial charge on any atom is -0.496 e. The lowest BCUT2D eigenvalue weighted by Gasteiger charge is -2.04. The molecule has 3 heterocycles. The van der Waals surface area contributed by atoms with Gasteiger partial charge in [0, 0.05) is 29.8 Å². The van der Waals surface area contributed by atoms with Crippen LogP contribution in [0.25, 0.3) is 16.9 Å². The van der Waals surface area contributed by atoms with Crippen LogP contribution in [-0.2, 0) is 6.42 Å². The van der Waals surface area contributed by atoms with Gasteiger partial charge in [0.05, 0.1) is 23.5 Å². The first kappa shape index (κ1) is 14.0. The van der Waals surface area contributed by atoms with Gasteiger partial charge in [0.1, 0.15) is 11.4 Å². The van der Waals surface area contributed by atoms with Gasteiger partial charge in [-0.15, -0.1) is 11.3 Å². The standard InChI is InChI=1S/C18H15N3OS/c1-22-16-7-3-2-6-14(16)15-12-23-18(20-15)10-13-11-21-9-5-4-8-17(21)19-13/h2-9,11-12H,10H2,1H3. The van der Waals surface area contributed by atoms with E-state index in [2.05, 4.69) is 16.6 Å². The van der Waals surface area contributed by atoms with Gasteiger partial charge in [0.25, 0.3) is 0 Å². The summed E-state index contributed by atoms with van der Waals surface area (Å²) in [4.78, 5) is 9.37. The zero-order valence-electron chi connectivity index (χ0n) is 12.6. The number of hydrogen-bond donors (Lipinski definition) is 0. The quantitative estimate of drug-likeness (QED) is 0.569. The van der Waals surface area contributed by atoms with Gasteiger partial charge < -0.3 is 9.14 Å². The number of hydrogen-bond acceptors (Lipinski definition) is 4. The number of nitrogens with zero attached hydrogens (tertiary/aromatic N) is 3. The van der Waals surface area contributed by atoms with Crippen LogP contribution >= 0.6 is 11.3 Å². The van der Waals surface area contributed by atoms with Crippen LogP contribution in [0.15, 0.2) is 60.2 Å². The van der Waals surface area contributed by atoms with E-state index in [0.29, 0.717) is 0 Å². The highest BCUT2D eigenvalue weighted by Gasteiger charge is 2.11. The summed E-state index contributed by atoms with van der Waals surface area (Å²) in [5.74, 6) is 0.845. The molecule has 4 rings (SSSR count). The van der Waals surface area contributed by atoms with Crippen LogP contribution in [0.2, 0.25) is 0 Å². The van der Waals surface area contributed by atoms with Gasteiger partial charge in [-0.2, -0.15) is 0 Å². The first-order valence-corrected chi connectivity index (χ1v) is 8.22. The number of imidazole rings is 1. The molecule has 0 radical (unpaired) electrons. The molecule has 4 aromatic rings. The molecule has 3 aromatic heterocycles. The molecule has 0 bridgehead atoms. The maximum Gasteiger partial charge on any atom is 0.136 e. The zero-order valence-corrected chi connectivity index (χ0v) is 13.5. The van der Waals surface area contributed by atoms with E-state index in [4.69, 9.17) is 9.72 Å². The Hall–Kier alpha value is -2.66. The Morgan fingerprint density at radius 2 is 1.96 bits per heavy atom. The lowest BCUT2D eigenvalue weighted by Crippen LogP contribution is -1.90. The van der Waals surface area contributed by atoms with Gasteiger partial charge in [-0.1, -0.05) is 18.2 Å². The van der Waals surface area contributed by atoms with Crippen LogP contribution in [0, 0.1) is 0 Å². The van der Waals surface area contributed by atoms with Crippen molar-refractivity contribution in [2.45, 2.75) is 6.42 Å². The average molecular weight is 321 g/mol. The number of benzene rings is 1. The van der Waals surface area contributed by atoms with Crippen LogP contribution in [0.4, 0.5) is 0 Å². The van der Waals surface area contributed by atoms with Gasteiger partial charge in [0.15, 0.2) is 0 Å². The minimum atomic E-state index is 0.738. The molecule has 4 nitrogen and oxygen atoms in total. The summed E-state index contributed by atoms with van der Waals surface area (Å²) in [5.41, 5.74) is 3.96. The maximum atomic E-state index is 5.42. The van der Waals surface area contributed by atoms with Gasteiger partial charge in [-0.05, 0) is 24.3 Å². The van der Waals surface area contributed by atoms with Crippen molar-refractivity contribution in [1.82, 2.24) is 14.4 Å². The summed E-state index contributed by atoms with van der Waals surface area (Å²) in [6, 6.07) is 14.0. The van der Waals surface area contributed by atoms with Crippen molar-refractivity contribution in [1.29, 1.82) is 0 Å². The summed E-state index contributed by atoms with van der Waals surface area (Å²) >= 11 is 1.65. The molecular formula is C18H15N3OS. The predicted octanol–water partition coefficient (Wildman–Crippen LogP) is 4.06. The van der Waals surface area contributed by atoms with Crippen molar-refractivity contribution in [3.8, 4) is 17.0 Å². The topological polar surface area (TPSA) is 39.4 Å². The molecule has 114 valence electrons. The molecule has 0 N–H and O–H groups in total. The number of pyridine rings is 1. The smallest absolute Gasteiger partial charge is 0.136 e. The second-order valence-corrected chi connectivity index (χ2v) is 6.14. The Morgan fingerprint density at radius 3 is 2.83 bits per heavy atom. The van der Waals surface area contributed by atoms with Crippen LogP contribution in [-0.4, -0.2) is 21.5 Å². The first-order chi connectivity index (χ1) is 11.3. The second kappa shape index (κ2) is 5.85. The van der Waals surface area contributed by atoms with Gasteiger partial charge in [-0.3, -0.25) is 0 Å². The molecule has 0 aliphatic heterocycles. The van der Waals surface area contributed by atoms with Crippen molar-refractivity contribution in [3.05, 3.63) is 70.9 Å². The minimum absolute atomic E-state index is 0.738. The molecule has 23 heavy (non-hydrogen) atoms. The molecule has 0 amide bonds. The Morgan fingerprint density at radius 1 is 1.09 bits per heavy atom. The normalized spacial score (nSPS) is 11.0. The molecule has 0 aliphatic rings. The van der Waals surface area contributed by atoms with Gasteiger partial charge in [-0.25, -0.2) is 9.97 Å². The number of rotatable bonds is 4. The molecule has 0 aliphatic carbocycles. The largest absolute Gasteiger partial charge is 0.496 e. The van der Waals surface area contributed by atoms with Gasteiger partial charge >= 0.3 is 0 Å². The maximum absolute atomic E-state index is 5.42. The van der Waals surface area contributed by atoms with E-state index >= 15 is 0 Å². The number of ether oxygens (including phenoxy) is 1. The molecule has 1 aromatic carbocycles. The third kappa shape index (κ3) is 2.71. The first-order valence-electron chi connectivity index (χ1n) is 7.34. The lowest BCUT2D eigenvalue weighted by molar-refractivity contribution is 0.416. The molecule has 0 atom stereocenters. The fraction of sp³-hybridized carbons (Fsp3) is 0.111. The fourth-order valence-electron chi connectivity index (χ4n) is 2.60. The Kier molecular flexibility index (Phi) is 3.55. The third-order valence-corrected chi connectivity index (χ3v) is 4.53. The van der Waals surface area contributed by atoms with Crippen LogP contribution in [0.5, 0.6) is 5.75 Å². The summed E-state index contributed by atoms with van der Waals surface area (Å²) in [7, 11) is 1.68. The molecular weight excluding hydrogens is 306 g/mol. The molecule has 0 fully saturated rings. The highest BCUT2D eigenvalue weighted by Crippen LogP contribution is 2.30. The van der Waals surface area contributed by atoms with Crippen molar-refractivity contribution in [2.24, 2.45) is 0 Å². The van der Waals surface area contributed by atoms with Gasteiger partial charge in [0.2, 0.25) is 0 Å². The monoisotopic (exact) mass is 321 g/mol. The van der Waals surface area contributed by atoms with Crippen LogP contribution in [0.3, 0.4) is 0 Å². The molecule has 0 unspecified atom stereocenters. The molecule has 0 saturated carbocycles. The van der Waals surface area contributed by atoms with E-state index in [1.807, 2.05) is 53.1 Å². The number of methoxy groups -OCH3 is 1. The number of para-hydroxylation sites is 1. The molecule has 0 saturated heterocycles. The van der Waals surface area contributed by atoms with Crippen molar-refractivity contribution in [2.75, 3.05) is 7.11 Å². The summed E-state index contributed by atoms with van der Waals surface area (Å²) in [6.45, 7) is 0. The predicted molar refractivity (Wildman–Crippen MR) is 92.1 cm³/mol. The summed E-state index contributed by atoms with van der Waals surface area (Å²) in [5, 5.41) is 3.12. The van der Waals surface area contributed by atoms with E-state index in [1.54, 1.807) is 18.4 Å². The average Bonchev–Trinajstić information content (AvgIpc) is 3.21. The van der Waals surface area contributed by atoms with Crippen molar-refractivity contribution >= 4 is 17.0 Å². The SMILES string of the molecule is COc1ccccc1-c1csc(Cc2cn3ccccc3n2)n1. The van der Waals surface area contributed by atoms with E-state index in [9.17, 15) is 0 Å². The molecule has 0 spiro atoms. The van der Waals surface area contributed by atoms with E-state index < -0.39 is 0 Å². The fourth-order valence-corrected chi connectivity index (χ4v) is 3.41. The summed E-state index contributed by atoms with van der Waals surface area (Å²) in [6.07, 6.45) is 4.80. The lowest BCUT2D eigenvalue weighted by atomic mass is 10.1. The van der Waals surface area contributed by atoms with E-state index in [1.165, 1.54) is 0 Å². The van der Waals surface area contributed by atoms with E-state index in [0.717, 1.165) is 39.8 Å². The summed E-state index contributed by atoms with van der Waals surface area (Å²) < 4.78 is 7.45. The number of fused-ring (bicyclic) bond motifs is 1. The van der Waals surface area contributed by atoms with Crippen LogP contribution < -0.4 is 4.74 Å².